The molecular formula is C17H26N2O2. The van der Waals surface area contributed by atoms with Gasteiger partial charge < -0.3 is 15.4 Å². The second-order valence-corrected chi connectivity index (χ2v) is 6.40. The SMILES string of the molecule is Cc1ccc(OCC(=O)NCC2(C)CCNCC2)c(C)c1. The number of hydrogen-bond acceptors (Lipinski definition) is 3. The third kappa shape index (κ3) is 4.74. The zero-order valence-electron chi connectivity index (χ0n) is 13.3. The lowest BCUT2D eigenvalue weighted by Gasteiger charge is -2.34. The quantitative estimate of drug-likeness (QED) is 0.874. The molecule has 2 N–H and O–H groups in total. The van der Waals surface area contributed by atoms with Gasteiger partial charge in [0.2, 0.25) is 0 Å². The van der Waals surface area contributed by atoms with E-state index >= 15 is 0 Å². The second kappa shape index (κ2) is 6.94. The molecule has 1 heterocycles. The molecule has 1 fully saturated rings. The van der Waals surface area contributed by atoms with Crippen molar-refractivity contribution in [3.8, 4) is 5.75 Å². The third-order valence-corrected chi connectivity index (χ3v) is 4.21. The van der Waals surface area contributed by atoms with Gasteiger partial charge >= 0.3 is 0 Å². The van der Waals surface area contributed by atoms with E-state index in [1.807, 2.05) is 26.0 Å². The molecule has 4 heteroatoms. The maximum absolute atomic E-state index is 11.9. The highest BCUT2D eigenvalue weighted by molar-refractivity contribution is 5.77. The number of amides is 1. The third-order valence-electron chi connectivity index (χ3n) is 4.21. The summed E-state index contributed by atoms with van der Waals surface area (Å²) in [6, 6.07) is 5.98. The monoisotopic (exact) mass is 290 g/mol. The van der Waals surface area contributed by atoms with Crippen LogP contribution in [-0.4, -0.2) is 32.1 Å². The van der Waals surface area contributed by atoms with Crippen molar-refractivity contribution in [2.45, 2.75) is 33.6 Å². The molecule has 1 aromatic rings. The Bertz CT molecular complexity index is 494. The van der Waals surface area contributed by atoms with Crippen LogP contribution in [0.15, 0.2) is 18.2 Å². The van der Waals surface area contributed by atoms with Crippen LogP contribution < -0.4 is 15.4 Å². The minimum atomic E-state index is -0.0465. The van der Waals surface area contributed by atoms with Gasteiger partial charge in [-0.05, 0) is 56.8 Å². The molecule has 0 atom stereocenters. The van der Waals surface area contributed by atoms with E-state index in [0.717, 1.165) is 43.8 Å². The minimum absolute atomic E-state index is 0.0465. The highest BCUT2D eigenvalue weighted by atomic mass is 16.5. The molecule has 21 heavy (non-hydrogen) atoms. The number of nitrogens with one attached hydrogen (secondary N) is 2. The van der Waals surface area contributed by atoms with Gasteiger partial charge in [0.15, 0.2) is 6.61 Å². The Morgan fingerprint density at radius 3 is 2.71 bits per heavy atom. The molecule has 0 aliphatic carbocycles. The maximum atomic E-state index is 11.9. The summed E-state index contributed by atoms with van der Waals surface area (Å²) >= 11 is 0. The number of carbonyl (C=O) groups is 1. The van der Waals surface area contributed by atoms with Crippen molar-refractivity contribution >= 4 is 5.91 Å². The van der Waals surface area contributed by atoms with Gasteiger partial charge in [0, 0.05) is 6.54 Å². The van der Waals surface area contributed by atoms with Crippen molar-refractivity contribution in [3.63, 3.8) is 0 Å². The number of aryl methyl sites for hydroxylation is 2. The smallest absolute Gasteiger partial charge is 0.257 e. The Balaban J connectivity index is 1.77. The number of rotatable bonds is 5. The van der Waals surface area contributed by atoms with E-state index in [0.29, 0.717) is 0 Å². The Hall–Kier alpha value is -1.55. The van der Waals surface area contributed by atoms with Gasteiger partial charge in [0.25, 0.3) is 5.91 Å². The molecule has 0 aromatic heterocycles. The Morgan fingerprint density at radius 2 is 2.05 bits per heavy atom. The van der Waals surface area contributed by atoms with Crippen LogP contribution in [-0.2, 0) is 4.79 Å². The van der Waals surface area contributed by atoms with Gasteiger partial charge in [-0.15, -0.1) is 0 Å². The fourth-order valence-corrected chi connectivity index (χ4v) is 2.67. The summed E-state index contributed by atoms with van der Waals surface area (Å²) in [4.78, 5) is 11.9. The molecule has 1 aliphatic rings. The Morgan fingerprint density at radius 1 is 1.33 bits per heavy atom. The van der Waals surface area contributed by atoms with Gasteiger partial charge in [0.05, 0.1) is 0 Å². The molecule has 0 bridgehead atoms. The first kappa shape index (κ1) is 15.8. The van der Waals surface area contributed by atoms with Gasteiger partial charge in [-0.3, -0.25) is 4.79 Å². The lowest BCUT2D eigenvalue weighted by atomic mass is 9.81. The Kier molecular flexibility index (Phi) is 5.23. The highest BCUT2D eigenvalue weighted by Crippen LogP contribution is 2.26. The van der Waals surface area contributed by atoms with Gasteiger partial charge in [-0.2, -0.15) is 0 Å². The fourth-order valence-electron chi connectivity index (χ4n) is 2.67. The van der Waals surface area contributed by atoms with E-state index in [1.165, 1.54) is 5.56 Å². The van der Waals surface area contributed by atoms with E-state index in [1.54, 1.807) is 0 Å². The van der Waals surface area contributed by atoms with Crippen LogP contribution in [0.25, 0.3) is 0 Å². The summed E-state index contributed by atoms with van der Waals surface area (Å²) in [5.41, 5.74) is 2.47. The van der Waals surface area contributed by atoms with Crippen LogP contribution in [0.3, 0.4) is 0 Å². The van der Waals surface area contributed by atoms with Crippen molar-refractivity contribution in [2.24, 2.45) is 5.41 Å². The van der Waals surface area contributed by atoms with E-state index in [9.17, 15) is 4.79 Å². The van der Waals surface area contributed by atoms with Crippen LogP contribution >= 0.6 is 0 Å². The molecule has 4 nitrogen and oxygen atoms in total. The van der Waals surface area contributed by atoms with Gasteiger partial charge in [-0.25, -0.2) is 0 Å². The normalized spacial score (nSPS) is 17.3. The minimum Gasteiger partial charge on any atom is -0.484 e. The van der Waals surface area contributed by atoms with Crippen LogP contribution in [0.5, 0.6) is 5.75 Å². The van der Waals surface area contributed by atoms with Crippen molar-refractivity contribution < 1.29 is 9.53 Å². The van der Waals surface area contributed by atoms with Gasteiger partial charge in [-0.1, -0.05) is 24.6 Å². The van der Waals surface area contributed by atoms with E-state index < -0.39 is 0 Å². The number of piperidine rings is 1. The van der Waals surface area contributed by atoms with Crippen LogP contribution in [0.1, 0.15) is 30.9 Å². The summed E-state index contributed by atoms with van der Waals surface area (Å²) in [5, 5.41) is 6.35. The summed E-state index contributed by atoms with van der Waals surface area (Å²) < 4.78 is 5.60. The molecule has 1 aromatic carbocycles. The summed E-state index contributed by atoms with van der Waals surface area (Å²) in [6.07, 6.45) is 2.20. The van der Waals surface area contributed by atoms with E-state index in [4.69, 9.17) is 4.74 Å². The zero-order valence-corrected chi connectivity index (χ0v) is 13.3. The average Bonchev–Trinajstić information content (AvgIpc) is 2.45. The second-order valence-electron chi connectivity index (χ2n) is 6.40. The summed E-state index contributed by atoms with van der Waals surface area (Å²) in [6.45, 7) is 9.15. The first-order valence-electron chi connectivity index (χ1n) is 7.66. The van der Waals surface area contributed by atoms with E-state index in [-0.39, 0.29) is 17.9 Å². The molecule has 1 saturated heterocycles. The lowest BCUT2D eigenvalue weighted by molar-refractivity contribution is -0.123. The van der Waals surface area contributed by atoms with E-state index in [2.05, 4.69) is 23.6 Å². The summed E-state index contributed by atoms with van der Waals surface area (Å²) in [5.74, 6) is 0.735. The van der Waals surface area contributed by atoms with Crippen LogP contribution in [0, 0.1) is 19.3 Å². The predicted octanol–water partition coefficient (Wildman–Crippen LogP) is 2.19. The van der Waals surface area contributed by atoms with Gasteiger partial charge in [0.1, 0.15) is 5.75 Å². The molecule has 2 rings (SSSR count). The first-order chi connectivity index (χ1) is 9.98. The Labute approximate surface area is 127 Å². The standard InChI is InChI=1S/C17H26N2O2/c1-13-4-5-15(14(2)10-13)21-11-16(20)19-12-17(3)6-8-18-9-7-17/h4-5,10,18H,6-9,11-12H2,1-3H3,(H,19,20). The maximum Gasteiger partial charge on any atom is 0.257 e. The van der Waals surface area contributed by atoms with Crippen molar-refractivity contribution in [3.05, 3.63) is 29.3 Å². The first-order valence-corrected chi connectivity index (χ1v) is 7.66. The number of benzene rings is 1. The number of hydrogen-bond donors (Lipinski definition) is 2. The molecular weight excluding hydrogens is 264 g/mol. The molecule has 0 radical (unpaired) electrons. The molecule has 1 aliphatic heterocycles. The molecule has 0 saturated carbocycles. The molecule has 0 unspecified atom stereocenters. The highest BCUT2D eigenvalue weighted by Gasteiger charge is 2.26. The van der Waals surface area contributed by atoms with Crippen LogP contribution in [0.2, 0.25) is 0 Å². The lowest BCUT2D eigenvalue weighted by Crippen LogP contribution is -2.43. The molecule has 1 amide bonds. The molecule has 0 spiro atoms. The average molecular weight is 290 g/mol. The zero-order chi connectivity index (χ0) is 15.3. The van der Waals surface area contributed by atoms with Crippen molar-refractivity contribution in [1.82, 2.24) is 10.6 Å². The summed E-state index contributed by atoms with van der Waals surface area (Å²) in [7, 11) is 0. The predicted molar refractivity (Wildman–Crippen MR) is 84.6 cm³/mol. The number of ether oxygens (including phenoxy) is 1. The number of carbonyl (C=O) groups excluding carboxylic acids is 1. The topological polar surface area (TPSA) is 50.4 Å². The fraction of sp³-hybridized carbons (Fsp3) is 0.588. The largest absolute Gasteiger partial charge is 0.484 e. The van der Waals surface area contributed by atoms with Crippen molar-refractivity contribution in [2.75, 3.05) is 26.2 Å². The van der Waals surface area contributed by atoms with Crippen LogP contribution in [0.4, 0.5) is 0 Å². The van der Waals surface area contributed by atoms with Crippen molar-refractivity contribution in [1.29, 1.82) is 0 Å². The molecule has 116 valence electrons.